The van der Waals surface area contributed by atoms with Crippen LogP contribution < -0.4 is 15.4 Å². The Morgan fingerprint density at radius 1 is 1.28 bits per heavy atom. The van der Waals surface area contributed by atoms with Crippen LogP contribution in [-0.4, -0.2) is 60.0 Å². The number of nitrogens with zero attached hydrogens (tertiary/aromatic N) is 1. The van der Waals surface area contributed by atoms with E-state index in [0.29, 0.717) is 6.54 Å². The van der Waals surface area contributed by atoms with E-state index in [1.165, 1.54) is 24.0 Å². The van der Waals surface area contributed by atoms with Crippen LogP contribution in [0.15, 0.2) is 18.2 Å². The maximum absolute atomic E-state index is 12.4. The molecule has 2 aliphatic heterocycles. The standard InChI is InChI=1S/C23H31N3O3/c1-29-17-5-4-16-10-19-23(28)7-6-21(14-24-20(27)25-21)13-22(23,18(16)11-17)8-9-26(19)12-15-2-3-15/h4-5,11,15,19,28H,2-3,6-10,12-14H2,1H3,(H2,24,25,27)/t19-,21+,22-,23-/m1/s1. The SMILES string of the molecule is COc1ccc2c(c1)[C@]13CCN(CC4CC4)[C@H](C2)[C@]1(O)CC[C@@]1(CNC(=O)N1)C3. The number of fused-ring (bicyclic) bond motifs is 1. The van der Waals surface area contributed by atoms with Crippen molar-refractivity contribution in [3.8, 4) is 5.75 Å². The fourth-order valence-electron chi connectivity index (χ4n) is 7.03. The van der Waals surface area contributed by atoms with Crippen LogP contribution in [-0.2, 0) is 11.8 Å². The molecule has 2 saturated carbocycles. The Bertz CT molecular complexity index is 871. The summed E-state index contributed by atoms with van der Waals surface area (Å²) in [4.78, 5) is 14.6. The van der Waals surface area contributed by atoms with Crippen molar-refractivity contribution in [1.82, 2.24) is 15.5 Å². The quantitative estimate of drug-likeness (QED) is 0.729. The molecule has 5 aliphatic rings. The average molecular weight is 398 g/mol. The van der Waals surface area contributed by atoms with Gasteiger partial charge in [0.2, 0.25) is 0 Å². The molecule has 3 aliphatic carbocycles. The van der Waals surface area contributed by atoms with Gasteiger partial charge in [-0.2, -0.15) is 0 Å². The van der Waals surface area contributed by atoms with Gasteiger partial charge < -0.3 is 20.5 Å². The highest BCUT2D eigenvalue weighted by Gasteiger charge is 2.67. The van der Waals surface area contributed by atoms with Crippen LogP contribution in [0.4, 0.5) is 4.79 Å². The van der Waals surface area contributed by atoms with E-state index in [4.69, 9.17) is 4.74 Å². The maximum Gasteiger partial charge on any atom is 0.315 e. The van der Waals surface area contributed by atoms with Gasteiger partial charge >= 0.3 is 6.03 Å². The number of benzene rings is 1. The third-order valence-electron chi connectivity index (χ3n) is 8.67. The van der Waals surface area contributed by atoms with E-state index in [1.54, 1.807) is 7.11 Å². The molecule has 1 spiro atoms. The third-order valence-corrected chi connectivity index (χ3v) is 8.67. The summed E-state index contributed by atoms with van der Waals surface area (Å²) in [7, 11) is 1.71. The van der Waals surface area contributed by atoms with Crippen LogP contribution >= 0.6 is 0 Å². The number of piperidine rings is 1. The summed E-state index contributed by atoms with van der Waals surface area (Å²) in [6.45, 7) is 2.80. The number of rotatable bonds is 3. The number of amides is 2. The molecule has 1 aromatic carbocycles. The second-order valence-corrected chi connectivity index (χ2v) is 10.2. The van der Waals surface area contributed by atoms with Gasteiger partial charge in [0.05, 0.1) is 18.2 Å². The van der Waals surface area contributed by atoms with Crippen LogP contribution in [0.2, 0.25) is 0 Å². The number of hydrogen-bond donors (Lipinski definition) is 3. The summed E-state index contributed by atoms with van der Waals surface area (Å²) in [6, 6.07) is 6.51. The first-order chi connectivity index (χ1) is 14.0. The first-order valence-electron chi connectivity index (χ1n) is 11.2. The molecule has 0 aromatic heterocycles. The van der Waals surface area contributed by atoms with E-state index < -0.39 is 5.60 Å². The minimum absolute atomic E-state index is 0.0729. The first-order valence-corrected chi connectivity index (χ1v) is 11.2. The fraction of sp³-hybridized carbons (Fsp3) is 0.696. The lowest BCUT2D eigenvalue weighted by atomic mass is 9.46. The predicted molar refractivity (Wildman–Crippen MR) is 109 cm³/mol. The first kappa shape index (κ1) is 18.0. The maximum atomic E-state index is 12.4. The molecular formula is C23H31N3O3. The second-order valence-electron chi connectivity index (χ2n) is 10.2. The topological polar surface area (TPSA) is 73.8 Å². The zero-order chi connectivity index (χ0) is 19.9. The molecule has 0 radical (unpaired) electrons. The fourth-order valence-corrected chi connectivity index (χ4v) is 7.03. The average Bonchev–Trinajstić information content (AvgIpc) is 3.46. The van der Waals surface area contributed by atoms with Crippen LogP contribution in [0, 0.1) is 5.92 Å². The number of hydrogen-bond acceptors (Lipinski definition) is 4. The summed E-state index contributed by atoms with van der Waals surface area (Å²) in [6.07, 6.45) is 6.87. The van der Waals surface area contributed by atoms with Gasteiger partial charge in [-0.1, -0.05) is 6.07 Å². The monoisotopic (exact) mass is 397 g/mol. The lowest BCUT2D eigenvalue weighted by Crippen LogP contribution is -2.76. The summed E-state index contributed by atoms with van der Waals surface area (Å²) in [5.41, 5.74) is 1.25. The number of nitrogens with one attached hydrogen (secondary N) is 2. The zero-order valence-electron chi connectivity index (χ0n) is 17.2. The highest BCUT2D eigenvalue weighted by Crippen LogP contribution is 2.60. The van der Waals surface area contributed by atoms with Crippen LogP contribution in [0.5, 0.6) is 5.75 Å². The number of methoxy groups -OCH3 is 1. The second kappa shape index (κ2) is 5.88. The lowest BCUT2D eigenvalue weighted by molar-refractivity contribution is -0.177. The van der Waals surface area contributed by atoms with Crippen molar-refractivity contribution in [3.05, 3.63) is 29.3 Å². The molecule has 29 heavy (non-hydrogen) atoms. The van der Waals surface area contributed by atoms with Crippen molar-refractivity contribution in [2.45, 2.75) is 67.5 Å². The summed E-state index contributed by atoms with van der Waals surface area (Å²) in [5.74, 6) is 1.67. The molecule has 156 valence electrons. The van der Waals surface area contributed by atoms with Crippen molar-refractivity contribution in [1.29, 1.82) is 0 Å². The Morgan fingerprint density at radius 2 is 2.14 bits per heavy atom. The molecule has 2 amide bonds. The number of likely N-dealkylation sites (tertiary alicyclic amines) is 1. The van der Waals surface area contributed by atoms with Crippen molar-refractivity contribution in [3.63, 3.8) is 0 Å². The minimum atomic E-state index is -0.752. The Hall–Kier alpha value is -1.79. The smallest absolute Gasteiger partial charge is 0.315 e. The van der Waals surface area contributed by atoms with E-state index in [2.05, 4.69) is 33.7 Å². The molecule has 3 N–H and O–H groups in total. The Labute approximate surface area is 172 Å². The molecular weight excluding hydrogens is 366 g/mol. The van der Waals surface area contributed by atoms with E-state index in [1.807, 2.05) is 0 Å². The van der Waals surface area contributed by atoms with Gasteiger partial charge in [-0.25, -0.2) is 4.79 Å². The lowest BCUT2D eigenvalue weighted by Gasteiger charge is -2.66. The Balaban J connectivity index is 1.48. The molecule has 2 bridgehead atoms. The van der Waals surface area contributed by atoms with Gasteiger partial charge in [-0.15, -0.1) is 0 Å². The van der Waals surface area contributed by atoms with Crippen LogP contribution in [0.1, 0.15) is 49.7 Å². The third kappa shape index (κ3) is 2.45. The number of ether oxygens (including phenoxy) is 1. The number of urea groups is 1. The molecule has 6 nitrogen and oxygen atoms in total. The Morgan fingerprint density at radius 3 is 2.86 bits per heavy atom. The number of carbonyl (C=O) groups excluding carboxylic acids is 1. The molecule has 6 rings (SSSR count). The Kier molecular flexibility index (Phi) is 3.66. The molecule has 0 unspecified atom stereocenters. The normalized spacial score (nSPS) is 40.8. The summed E-state index contributed by atoms with van der Waals surface area (Å²) in [5, 5.41) is 18.6. The molecule has 6 heteroatoms. The van der Waals surface area contributed by atoms with Gasteiger partial charge in [-0.05, 0) is 80.7 Å². The molecule has 2 heterocycles. The van der Waals surface area contributed by atoms with Gasteiger partial charge in [0.25, 0.3) is 0 Å². The largest absolute Gasteiger partial charge is 0.497 e. The van der Waals surface area contributed by atoms with E-state index in [9.17, 15) is 9.90 Å². The highest BCUT2D eigenvalue weighted by molar-refractivity contribution is 5.77. The summed E-state index contributed by atoms with van der Waals surface area (Å²) < 4.78 is 5.57. The molecule has 1 aromatic rings. The number of carbonyl (C=O) groups is 1. The van der Waals surface area contributed by atoms with Crippen molar-refractivity contribution in [2.24, 2.45) is 5.92 Å². The van der Waals surface area contributed by atoms with E-state index >= 15 is 0 Å². The van der Waals surface area contributed by atoms with Gasteiger partial charge in [0, 0.05) is 24.5 Å². The van der Waals surface area contributed by atoms with Gasteiger partial charge in [0.15, 0.2) is 0 Å². The number of aliphatic hydroxyl groups is 1. The van der Waals surface area contributed by atoms with Crippen molar-refractivity contribution >= 4 is 6.03 Å². The molecule has 4 atom stereocenters. The molecule has 4 fully saturated rings. The highest BCUT2D eigenvalue weighted by atomic mass is 16.5. The van der Waals surface area contributed by atoms with Crippen molar-refractivity contribution in [2.75, 3.05) is 26.7 Å². The van der Waals surface area contributed by atoms with Crippen LogP contribution in [0.3, 0.4) is 0 Å². The van der Waals surface area contributed by atoms with Crippen molar-refractivity contribution < 1.29 is 14.6 Å². The van der Waals surface area contributed by atoms with Gasteiger partial charge in [-0.3, -0.25) is 4.90 Å². The van der Waals surface area contributed by atoms with E-state index in [0.717, 1.165) is 56.9 Å². The van der Waals surface area contributed by atoms with Crippen LogP contribution in [0.25, 0.3) is 0 Å². The molecule has 2 saturated heterocycles. The van der Waals surface area contributed by atoms with Gasteiger partial charge in [0.1, 0.15) is 5.75 Å². The summed E-state index contributed by atoms with van der Waals surface area (Å²) >= 11 is 0. The zero-order valence-corrected chi connectivity index (χ0v) is 17.2. The van der Waals surface area contributed by atoms with E-state index in [-0.39, 0.29) is 23.0 Å². The predicted octanol–water partition coefficient (Wildman–Crippen LogP) is 1.94. The minimum Gasteiger partial charge on any atom is -0.497 e.